The molecule has 1 saturated heterocycles. The van der Waals surface area contributed by atoms with E-state index in [4.69, 9.17) is 5.10 Å². The van der Waals surface area contributed by atoms with Crippen LogP contribution in [0.3, 0.4) is 0 Å². The Morgan fingerprint density at radius 2 is 2.00 bits per heavy atom. The molecule has 0 saturated carbocycles. The maximum atomic E-state index is 13.5. The van der Waals surface area contributed by atoms with Gasteiger partial charge in [0, 0.05) is 46.2 Å². The fourth-order valence-electron chi connectivity index (χ4n) is 4.09. The molecule has 3 heterocycles. The number of carbonyl (C=O) groups excluding carboxylic acids is 1. The summed E-state index contributed by atoms with van der Waals surface area (Å²) >= 11 is 1.52. The average molecular weight is 445 g/mol. The molecule has 1 fully saturated rings. The van der Waals surface area contributed by atoms with E-state index in [1.807, 2.05) is 52.2 Å². The fourth-order valence-corrected chi connectivity index (χ4v) is 4.96. The van der Waals surface area contributed by atoms with E-state index in [0.717, 1.165) is 38.4 Å². The van der Waals surface area contributed by atoms with Gasteiger partial charge in [0.25, 0.3) is 0 Å². The monoisotopic (exact) mass is 444 g/mol. The van der Waals surface area contributed by atoms with E-state index >= 15 is 0 Å². The number of hydrogen-bond acceptors (Lipinski definition) is 4. The molecule has 5 nitrogen and oxygen atoms in total. The number of pyridine rings is 1. The standard InChI is InChI=1S/C25H21FN4OS/c1-2-24(31)29-13-11-19(16-29)30-23-10-12-27-15-22(23)25(28-30)17-6-8-20(9-7-17)32-21-5-3-4-18(26)14-21/h2-10,12,14-15,19H,1,11,13,16H2. The van der Waals surface area contributed by atoms with Gasteiger partial charge in [0.1, 0.15) is 11.5 Å². The summed E-state index contributed by atoms with van der Waals surface area (Å²) in [5.74, 6) is -0.284. The molecule has 1 amide bonds. The highest BCUT2D eigenvalue weighted by Gasteiger charge is 2.28. The first-order valence-corrected chi connectivity index (χ1v) is 11.2. The number of likely N-dealkylation sites (tertiary alicyclic amines) is 1. The Bertz CT molecular complexity index is 1300. The van der Waals surface area contributed by atoms with Crippen molar-refractivity contribution in [3.63, 3.8) is 0 Å². The number of aromatic nitrogens is 3. The maximum Gasteiger partial charge on any atom is 0.246 e. The van der Waals surface area contributed by atoms with E-state index in [2.05, 4.69) is 11.6 Å². The van der Waals surface area contributed by atoms with Crippen LogP contribution >= 0.6 is 11.8 Å². The van der Waals surface area contributed by atoms with Gasteiger partial charge >= 0.3 is 0 Å². The molecule has 0 spiro atoms. The summed E-state index contributed by atoms with van der Waals surface area (Å²) in [6.45, 7) is 4.91. The van der Waals surface area contributed by atoms with Crippen LogP contribution in [0.2, 0.25) is 0 Å². The van der Waals surface area contributed by atoms with Crippen molar-refractivity contribution in [1.29, 1.82) is 0 Å². The lowest BCUT2D eigenvalue weighted by atomic mass is 10.1. The number of fused-ring (bicyclic) bond motifs is 1. The number of rotatable bonds is 5. The Morgan fingerprint density at radius 1 is 1.16 bits per heavy atom. The zero-order valence-electron chi connectivity index (χ0n) is 17.3. The minimum Gasteiger partial charge on any atom is -0.337 e. The first-order valence-electron chi connectivity index (χ1n) is 10.4. The van der Waals surface area contributed by atoms with Gasteiger partial charge in [0.2, 0.25) is 5.91 Å². The maximum absolute atomic E-state index is 13.5. The fraction of sp³-hybridized carbons (Fsp3) is 0.160. The van der Waals surface area contributed by atoms with E-state index < -0.39 is 0 Å². The number of halogens is 1. The van der Waals surface area contributed by atoms with Crippen LogP contribution in [0.4, 0.5) is 4.39 Å². The molecule has 0 radical (unpaired) electrons. The molecule has 1 aliphatic heterocycles. The average Bonchev–Trinajstić information content (AvgIpc) is 3.44. The van der Waals surface area contributed by atoms with Crippen molar-refractivity contribution in [3.05, 3.63) is 85.5 Å². The molecular formula is C25H21FN4OS. The third kappa shape index (κ3) is 3.91. The van der Waals surface area contributed by atoms with Crippen LogP contribution < -0.4 is 0 Å². The minimum absolute atomic E-state index is 0.0442. The predicted molar refractivity (Wildman–Crippen MR) is 124 cm³/mol. The summed E-state index contributed by atoms with van der Waals surface area (Å²) in [4.78, 5) is 20.0. The van der Waals surface area contributed by atoms with E-state index in [0.29, 0.717) is 13.1 Å². The molecule has 160 valence electrons. The molecule has 2 aromatic carbocycles. The molecule has 32 heavy (non-hydrogen) atoms. The summed E-state index contributed by atoms with van der Waals surface area (Å²) in [6, 6.07) is 16.8. The molecule has 1 atom stereocenters. The highest BCUT2D eigenvalue weighted by Crippen LogP contribution is 2.34. The first-order chi connectivity index (χ1) is 15.6. The third-order valence-corrected chi connectivity index (χ3v) is 6.66. The lowest BCUT2D eigenvalue weighted by Crippen LogP contribution is -2.27. The van der Waals surface area contributed by atoms with Crippen LogP contribution in [0.25, 0.3) is 22.2 Å². The summed E-state index contributed by atoms with van der Waals surface area (Å²) < 4.78 is 15.5. The van der Waals surface area contributed by atoms with Crippen molar-refractivity contribution in [2.24, 2.45) is 0 Å². The summed E-state index contributed by atoms with van der Waals surface area (Å²) in [5.41, 5.74) is 2.86. The molecule has 1 aliphatic rings. The van der Waals surface area contributed by atoms with E-state index in [1.165, 1.54) is 30.0 Å². The van der Waals surface area contributed by atoms with Gasteiger partial charge in [-0.3, -0.25) is 14.5 Å². The quantitative estimate of drug-likeness (QED) is 0.390. The molecule has 2 aromatic heterocycles. The third-order valence-electron chi connectivity index (χ3n) is 5.66. The molecular weight excluding hydrogens is 423 g/mol. The molecule has 7 heteroatoms. The SMILES string of the molecule is C=CC(=O)N1CCC(n2nc(-c3ccc(Sc4cccc(F)c4)cc3)c3cnccc32)C1. The number of benzene rings is 2. The Hall–Kier alpha value is -3.45. The largest absolute Gasteiger partial charge is 0.337 e. The van der Waals surface area contributed by atoms with Crippen LogP contribution in [-0.4, -0.2) is 38.7 Å². The van der Waals surface area contributed by atoms with Crippen molar-refractivity contribution >= 4 is 28.6 Å². The normalized spacial score (nSPS) is 15.9. The molecule has 5 rings (SSSR count). The van der Waals surface area contributed by atoms with Crippen LogP contribution in [0.15, 0.2) is 89.4 Å². The van der Waals surface area contributed by atoms with Crippen LogP contribution in [0.5, 0.6) is 0 Å². The van der Waals surface area contributed by atoms with Crippen LogP contribution in [0.1, 0.15) is 12.5 Å². The molecule has 1 unspecified atom stereocenters. The topological polar surface area (TPSA) is 51.0 Å². The van der Waals surface area contributed by atoms with Gasteiger partial charge in [-0.25, -0.2) is 4.39 Å². The van der Waals surface area contributed by atoms with Gasteiger partial charge in [0.15, 0.2) is 0 Å². The van der Waals surface area contributed by atoms with Crippen molar-refractivity contribution in [2.45, 2.75) is 22.3 Å². The van der Waals surface area contributed by atoms with Crippen LogP contribution in [0, 0.1) is 5.82 Å². The molecule has 4 aromatic rings. The number of nitrogens with zero attached hydrogens (tertiary/aromatic N) is 4. The van der Waals surface area contributed by atoms with E-state index in [9.17, 15) is 9.18 Å². The lowest BCUT2D eigenvalue weighted by molar-refractivity contribution is -0.125. The highest BCUT2D eigenvalue weighted by atomic mass is 32.2. The number of hydrogen-bond donors (Lipinski definition) is 0. The first kappa shape index (κ1) is 20.5. The van der Waals surface area contributed by atoms with Gasteiger partial charge in [-0.05, 0) is 48.9 Å². The number of carbonyl (C=O) groups is 1. The molecule has 0 aliphatic carbocycles. The zero-order chi connectivity index (χ0) is 22.1. The Balaban J connectivity index is 1.45. The van der Waals surface area contributed by atoms with Crippen molar-refractivity contribution in [1.82, 2.24) is 19.7 Å². The van der Waals surface area contributed by atoms with Crippen molar-refractivity contribution in [2.75, 3.05) is 13.1 Å². The highest BCUT2D eigenvalue weighted by molar-refractivity contribution is 7.99. The van der Waals surface area contributed by atoms with Crippen LogP contribution in [-0.2, 0) is 4.79 Å². The van der Waals surface area contributed by atoms with Gasteiger partial charge in [-0.2, -0.15) is 5.10 Å². The second-order valence-electron chi connectivity index (χ2n) is 7.70. The summed E-state index contributed by atoms with van der Waals surface area (Å²) in [6.07, 6.45) is 5.82. The second-order valence-corrected chi connectivity index (χ2v) is 8.85. The zero-order valence-corrected chi connectivity index (χ0v) is 18.1. The Kier molecular flexibility index (Phi) is 5.49. The van der Waals surface area contributed by atoms with Gasteiger partial charge in [0.05, 0.1) is 11.6 Å². The second kappa shape index (κ2) is 8.59. The van der Waals surface area contributed by atoms with Gasteiger partial charge in [-0.15, -0.1) is 0 Å². The number of amides is 1. The lowest BCUT2D eigenvalue weighted by Gasteiger charge is -2.15. The summed E-state index contributed by atoms with van der Waals surface area (Å²) in [5, 5.41) is 5.92. The van der Waals surface area contributed by atoms with Crippen molar-refractivity contribution < 1.29 is 9.18 Å². The summed E-state index contributed by atoms with van der Waals surface area (Å²) in [7, 11) is 0. The van der Waals surface area contributed by atoms with Gasteiger partial charge in [-0.1, -0.05) is 36.5 Å². The van der Waals surface area contributed by atoms with Crippen molar-refractivity contribution in [3.8, 4) is 11.3 Å². The Morgan fingerprint density at radius 3 is 2.78 bits per heavy atom. The Labute approximate surface area is 189 Å². The predicted octanol–water partition coefficient (Wildman–Crippen LogP) is 5.35. The molecule has 0 bridgehead atoms. The van der Waals surface area contributed by atoms with E-state index in [1.54, 1.807) is 12.3 Å². The smallest absolute Gasteiger partial charge is 0.246 e. The van der Waals surface area contributed by atoms with E-state index in [-0.39, 0.29) is 17.8 Å². The molecule has 0 N–H and O–H groups in total. The van der Waals surface area contributed by atoms with Gasteiger partial charge < -0.3 is 4.90 Å². The minimum atomic E-state index is -0.239.